The van der Waals surface area contributed by atoms with E-state index in [4.69, 9.17) is 33.2 Å². The summed E-state index contributed by atoms with van der Waals surface area (Å²) < 4.78 is 40.1. The van der Waals surface area contributed by atoms with Crippen molar-refractivity contribution < 1.29 is 42.7 Å². The molecule has 0 N–H and O–H groups in total. The summed E-state index contributed by atoms with van der Waals surface area (Å²) in [5.41, 5.74) is -3.89. The molecule has 2 unspecified atom stereocenters. The van der Waals surface area contributed by atoms with Crippen molar-refractivity contribution in [2.24, 2.45) is 0 Å². The molecule has 0 bridgehead atoms. The third-order valence-electron chi connectivity index (χ3n) is 5.01. The van der Waals surface area contributed by atoms with Gasteiger partial charge in [-0.25, -0.2) is 9.59 Å². The molecule has 220 valence electrons. The SMILES string of the molecule is CC(C)OC(C)COC(=O)C(C)(C)OCC(C)(C)OCC(C)(C)OC(C)(C)C(=O)OCC(C)OC(C)C. The highest BCUT2D eigenvalue weighted by molar-refractivity contribution is 5.79. The second-order valence-corrected chi connectivity index (χ2v) is 12.4. The highest BCUT2D eigenvalue weighted by Gasteiger charge is 2.39. The maximum atomic E-state index is 12.6. The third-order valence-corrected chi connectivity index (χ3v) is 5.01. The van der Waals surface area contributed by atoms with Gasteiger partial charge in [0.2, 0.25) is 0 Å². The molecule has 9 heteroatoms. The molecule has 0 fully saturated rings. The van der Waals surface area contributed by atoms with Gasteiger partial charge in [0.1, 0.15) is 13.2 Å². The summed E-state index contributed by atoms with van der Waals surface area (Å²) in [7, 11) is 0. The van der Waals surface area contributed by atoms with Crippen LogP contribution in [0.25, 0.3) is 0 Å². The minimum absolute atomic E-state index is 0.0469. The van der Waals surface area contributed by atoms with Crippen LogP contribution in [0, 0.1) is 0 Å². The van der Waals surface area contributed by atoms with E-state index in [0.717, 1.165) is 0 Å². The van der Waals surface area contributed by atoms with Gasteiger partial charge in [0.25, 0.3) is 0 Å². The maximum absolute atomic E-state index is 12.6. The first-order chi connectivity index (χ1) is 16.6. The Balaban J connectivity index is 4.77. The van der Waals surface area contributed by atoms with E-state index in [0.29, 0.717) is 0 Å². The first-order valence-corrected chi connectivity index (χ1v) is 13.2. The van der Waals surface area contributed by atoms with E-state index in [2.05, 4.69) is 0 Å². The minimum atomic E-state index is -1.19. The van der Waals surface area contributed by atoms with Gasteiger partial charge < -0.3 is 33.2 Å². The summed E-state index contributed by atoms with van der Waals surface area (Å²) in [6.45, 7) is 26.1. The summed E-state index contributed by atoms with van der Waals surface area (Å²) in [6.07, 6.45) is -0.325. The number of carbonyl (C=O) groups excluding carboxylic acids is 2. The lowest BCUT2D eigenvalue weighted by molar-refractivity contribution is -0.209. The molecule has 0 aliphatic carbocycles. The largest absolute Gasteiger partial charge is 0.461 e. The Hall–Kier alpha value is -1.26. The van der Waals surface area contributed by atoms with Gasteiger partial charge in [-0.05, 0) is 96.9 Å². The van der Waals surface area contributed by atoms with Crippen molar-refractivity contribution in [2.45, 2.75) is 144 Å². The molecule has 0 aliphatic heterocycles. The molecule has 0 radical (unpaired) electrons. The molecule has 0 heterocycles. The Kier molecular flexibility index (Phi) is 14.3. The van der Waals surface area contributed by atoms with Crippen LogP contribution < -0.4 is 0 Å². The highest BCUT2D eigenvalue weighted by atomic mass is 16.6. The molecule has 0 rings (SSSR count). The van der Waals surface area contributed by atoms with Gasteiger partial charge >= 0.3 is 11.9 Å². The Morgan fingerprint density at radius 2 is 0.946 bits per heavy atom. The summed E-state index contributed by atoms with van der Waals surface area (Å²) in [4.78, 5) is 25.2. The average Bonchev–Trinajstić information content (AvgIpc) is 2.71. The van der Waals surface area contributed by atoms with Gasteiger partial charge in [0.15, 0.2) is 11.2 Å². The molecule has 2 atom stereocenters. The standard InChI is InChI=1S/C28H54O9/c1-19(2)35-21(5)15-31-23(29)27(11,12)34-17-25(7,8)33-18-26(9,10)37-28(13,14)24(30)32-16-22(6)36-20(3)4/h19-22H,15-18H2,1-14H3. The van der Waals surface area contributed by atoms with E-state index in [9.17, 15) is 9.59 Å². The summed E-state index contributed by atoms with van der Waals surface area (Å²) in [6, 6.07) is 0. The molecule has 0 aliphatic rings. The molecular formula is C28H54O9. The number of hydrogen-bond acceptors (Lipinski definition) is 9. The van der Waals surface area contributed by atoms with Gasteiger partial charge in [-0.2, -0.15) is 0 Å². The van der Waals surface area contributed by atoms with Crippen molar-refractivity contribution in [1.29, 1.82) is 0 Å². The zero-order valence-corrected chi connectivity index (χ0v) is 25.8. The van der Waals surface area contributed by atoms with Crippen LogP contribution in [0.15, 0.2) is 0 Å². The normalized spacial score (nSPS) is 15.1. The maximum Gasteiger partial charge on any atom is 0.337 e. The third kappa shape index (κ3) is 15.7. The van der Waals surface area contributed by atoms with Gasteiger partial charge in [-0.3, -0.25) is 0 Å². The second-order valence-electron chi connectivity index (χ2n) is 12.4. The second kappa shape index (κ2) is 14.8. The Bertz CT molecular complexity index is 696. The number of hydrogen-bond donors (Lipinski definition) is 0. The van der Waals surface area contributed by atoms with Crippen LogP contribution in [0.4, 0.5) is 0 Å². The molecule has 0 saturated heterocycles. The number of esters is 2. The molecule has 0 aromatic carbocycles. The van der Waals surface area contributed by atoms with Crippen LogP contribution in [-0.2, 0) is 42.7 Å². The molecule has 0 spiro atoms. The van der Waals surface area contributed by atoms with E-state index < -0.39 is 34.3 Å². The average molecular weight is 535 g/mol. The van der Waals surface area contributed by atoms with Crippen LogP contribution in [0.1, 0.15) is 96.9 Å². The Morgan fingerprint density at radius 3 is 1.35 bits per heavy atom. The smallest absolute Gasteiger partial charge is 0.337 e. The van der Waals surface area contributed by atoms with E-state index in [1.807, 2.05) is 69.2 Å². The number of ether oxygens (including phenoxy) is 7. The lowest BCUT2D eigenvalue weighted by Crippen LogP contribution is -2.48. The van der Waals surface area contributed by atoms with Gasteiger partial charge in [-0.15, -0.1) is 0 Å². The number of rotatable bonds is 18. The van der Waals surface area contributed by atoms with Crippen LogP contribution in [-0.4, -0.2) is 85.2 Å². The molecule has 0 aromatic rings. The van der Waals surface area contributed by atoms with E-state index in [1.165, 1.54) is 0 Å². The lowest BCUT2D eigenvalue weighted by atomic mass is 10.1. The zero-order valence-electron chi connectivity index (χ0n) is 25.8. The monoisotopic (exact) mass is 534 g/mol. The highest BCUT2D eigenvalue weighted by Crippen LogP contribution is 2.25. The first-order valence-electron chi connectivity index (χ1n) is 13.2. The van der Waals surface area contributed by atoms with Crippen molar-refractivity contribution in [2.75, 3.05) is 26.4 Å². The zero-order chi connectivity index (χ0) is 29.2. The summed E-state index contributed by atoms with van der Waals surface area (Å²) >= 11 is 0. The van der Waals surface area contributed by atoms with Crippen molar-refractivity contribution in [3.63, 3.8) is 0 Å². The van der Waals surface area contributed by atoms with Gasteiger partial charge in [0.05, 0.1) is 48.8 Å². The Morgan fingerprint density at radius 1 is 0.568 bits per heavy atom. The Labute approximate surface area is 225 Å². The molecule has 0 aromatic heterocycles. The van der Waals surface area contributed by atoms with Crippen molar-refractivity contribution in [3.8, 4) is 0 Å². The van der Waals surface area contributed by atoms with Crippen LogP contribution in [0.5, 0.6) is 0 Å². The number of carbonyl (C=O) groups is 2. The van der Waals surface area contributed by atoms with Crippen molar-refractivity contribution in [3.05, 3.63) is 0 Å². The first kappa shape index (κ1) is 35.7. The predicted molar refractivity (Wildman–Crippen MR) is 143 cm³/mol. The predicted octanol–water partition coefficient (Wildman–Crippen LogP) is 4.86. The summed E-state index contributed by atoms with van der Waals surface area (Å²) in [5.74, 6) is -0.949. The van der Waals surface area contributed by atoms with Crippen molar-refractivity contribution in [1.82, 2.24) is 0 Å². The van der Waals surface area contributed by atoms with E-state index >= 15 is 0 Å². The molecule has 37 heavy (non-hydrogen) atoms. The molecule has 0 saturated carbocycles. The fourth-order valence-corrected chi connectivity index (χ4v) is 3.33. The summed E-state index contributed by atoms with van der Waals surface area (Å²) in [5, 5.41) is 0. The topological polar surface area (TPSA) is 98.8 Å². The molecule has 0 amide bonds. The fraction of sp³-hybridized carbons (Fsp3) is 0.929. The van der Waals surface area contributed by atoms with Gasteiger partial charge in [-0.1, -0.05) is 0 Å². The minimum Gasteiger partial charge on any atom is -0.461 e. The lowest BCUT2D eigenvalue weighted by Gasteiger charge is -2.37. The molecular weight excluding hydrogens is 480 g/mol. The van der Waals surface area contributed by atoms with E-state index in [-0.39, 0.29) is 50.8 Å². The van der Waals surface area contributed by atoms with Crippen molar-refractivity contribution >= 4 is 11.9 Å². The van der Waals surface area contributed by atoms with E-state index in [1.54, 1.807) is 27.7 Å². The van der Waals surface area contributed by atoms with Gasteiger partial charge in [0, 0.05) is 0 Å². The molecule has 9 nitrogen and oxygen atoms in total. The fourth-order valence-electron chi connectivity index (χ4n) is 3.33. The quantitative estimate of drug-likeness (QED) is 0.228. The van der Waals surface area contributed by atoms with Crippen LogP contribution in [0.3, 0.4) is 0 Å². The van der Waals surface area contributed by atoms with Crippen LogP contribution >= 0.6 is 0 Å². The van der Waals surface area contributed by atoms with Crippen LogP contribution in [0.2, 0.25) is 0 Å².